The summed E-state index contributed by atoms with van der Waals surface area (Å²) in [5, 5.41) is 3.90. The van der Waals surface area contributed by atoms with Gasteiger partial charge in [0, 0.05) is 17.1 Å². The first-order valence-electron chi connectivity index (χ1n) is 6.39. The van der Waals surface area contributed by atoms with Gasteiger partial charge in [0.2, 0.25) is 0 Å². The van der Waals surface area contributed by atoms with Crippen molar-refractivity contribution >= 4 is 22.6 Å². The van der Waals surface area contributed by atoms with Gasteiger partial charge < -0.3 is 5.32 Å². The Morgan fingerprint density at radius 1 is 1.26 bits per heavy atom. The highest BCUT2D eigenvalue weighted by molar-refractivity contribution is 6.14. The Morgan fingerprint density at radius 2 is 2.11 bits per heavy atom. The Kier molecular flexibility index (Phi) is 2.78. The summed E-state index contributed by atoms with van der Waals surface area (Å²) in [6, 6.07) is 9.52. The van der Waals surface area contributed by atoms with Crippen LogP contribution in [0.2, 0.25) is 0 Å². The van der Waals surface area contributed by atoms with Crippen LogP contribution >= 0.6 is 0 Å². The molecule has 19 heavy (non-hydrogen) atoms. The number of benzene rings is 1. The predicted molar refractivity (Wildman–Crippen MR) is 75.0 cm³/mol. The van der Waals surface area contributed by atoms with E-state index in [4.69, 9.17) is 0 Å². The van der Waals surface area contributed by atoms with E-state index in [0.29, 0.717) is 5.84 Å². The summed E-state index contributed by atoms with van der Waals surface area (Å²) in [6.07, 6.45) is 1.77. The number of hydrogen-bond acceptors (Lipinski definition) is 3. The topological polar surface area (TPSA) is 54.4 Å². The molecule has 0 bridgehead atoms. The van der Waals surface area contributed by atoms with E-state index >= 15 is 0 Å². The van der Waals surface area contributed by atoms with Gasteiger partial charge in [-0.25, -0.2) is 0 Å². The standard InChI is InChI=1S/C15H15N3O/c1-9(2)13-15(19)18-14(17-13)11-5-6-12-10(8-11)4-3-7-16-12/h3-9,13H,1-2H3,(H,17,18,19). The summed E-state index contributed by atoms with van der Waals surface area (Å²) in [7, 11) is 0. The van der Waals surface area contributed by atoms with Gasteiger partial charge in [0.1, 0.15) is 11.9 Å². The number of fused-ring (bicyclic) bond motifs is 1. The van der Waals surface area contributed by atoms with Crippen molar-refractivity contribution in [1.29, 1.82) is 0 Å². The first kappa shape index (κ1) is 11.8. The normalized spacial score (nSPS) is 18.8. The van der Waals surface area contributed by atoms with Crippen LogP contribution in [0.25, 0.3) is 10.9 Å². The van der Waals surface area contributed by atoms with Crippen LogP contribution in [0.5, 0.6) is 0 Å². The summed E-state index contributed by atoms with van der Waals surface area (Å²) in [5.41, 5.74) is 1.87. The molecule has 1 N–H and O–H groups in total. The second kappa shape index (κ2) is 4.46. The molecule has 0 saturated heterocycles. The lowest BCUT2D eigenvalue weighted by Crippen LogP contribution is -2.31. The molecule has 1 atom stereocenters. The molecular formula is C15H15N3O. The number of amidine groups is 1. The first-order chi connectivity index (χ1) is 9.15. The molecule has 0 spiro atoms. The number of nitrogens with zero attached hydrogens (tertiary/aromatic N) is 2. The van der Waals surface area contributed by atoms with Crippen molar-refractivity contribution < 1.29 is 4.79 Å². The Hall–Kier alpha value is -2.23. The smallest absolute Gasteiger partial charge is 0.250 e. The fourth-order valence-electron chi connectivity index (χ4n) is 2.24. The van der Waals surface area contributed by atoms with Gasteiger partial charge in [0.05, 0.1) is 5.52 Å². The second-order valence-corrected chi connectivity index (χ2v) is 5.07. The number of aromatic nitrogens is 1. The maximum absolute atomic E-state index is 11.8. The number of aliphatic imine (C=N–C) groups is 1. The van der Waals surface area contributed by atoms with Gasteiger partial charge in [-0.05, 0) is 30.2 Å². The fourth-order valence-corrected chi connectivity index (χ4v) is 2.24. The molecule has 2 aromatic rings. The molecule has 4 heteroatoms. The predicted octanol–water partition coefficient (Wildman–Crippen LogP) is 2.14. The number of carbonyl (C=O) groups excluding carboxylic acids is 1. The van der Waals surface area contributed by atoms with Crippen molar-refractivity contribution in [1.82, 2.24) is 10.3 Å². The summed E-state index contributed by atoms with van der Waals surface area (Å²) < 4.78 is 0. The minimum atomic E-state index is -0.278. The minimum Gasteiger partial charge on any atom is -0.309 e. The van der Waals surface area contributed by atoms with Crippen molar-refractivity contribution in [3.63, 3.8) is 0 Å². The minimum absolute atomic E-state index is 0.0173. The average Bonchev–Trinajstić information content (AvgIpc) is 2.80. The summed E-state index contributed by atoms with van der Waals surface area (Å²) in [4.78, 5) is 20.6. The number of rotatable bonds is 2. The van der Waals surface area contributed by atoms with Crippen LogP contribution in [0.4, 0.5) is 0 Å². The highest BCUT2D eigenvalue weighted by atomic mass is 16.2. The third kappa shape index (κ3) is 2.10. The Bertz CT molecular complexity index is 676. The molecule has 0 fully saturated rings. The van der Waals surface area contributed by atoms with Gasteiger partial charge in [-0.15, -0.1) is 0 Å². The van der Waals surface area contributed by atoms with E-state index in [9.17, 15) is 4.79 Å². The third-order valence-corrected chi connectivity index (χ3v) is 3.29. The monoisotopic (exact) mass is 253 g/mol. The van der Waals surface area contributed by atoms with Crippen molar-refractivity contribution in [2.24, 2.45) is 10.9 Å². The Morgan fingerprint density at radius 3 is 2.84 bits per heavy atom. The molecule has 1 aliphatic rings. The highest BCUT2D eigenvalue weighted by Crippen LogP contribution is 2.18. The Labute approximate surface area is 111 Å². The van der Waals surface area contributed by atoms with Crippen molar-refractivity contribution in [3.05, 3.63) is 42.1 Å². The molecule has 1 aliphatic heterocycles. The molecule has 0 saturated carbocycles. The molecule has 1 amide bonds. The van der Waals surface area contributed by atoms with E-state index in [0.717, 1.165) is 16.5 Å². The number of amides is 1. The molecule has 1 aromatic carbocycles. The zero-order chi connectivity index (χ0) is 13.4. The highest BCUT2D eigenvalue weighted by Gasteiger charge is 2.29. The molecule has 3 rings (SSSR count). The molecule has 1 unspecified atom stereocenters. The fraction of sp³-hybridized carbons (Fsp3) is 0.267. The van der Waals surface area contributed by atoms with Gasteiger partial charge in [-0.1, -0.05) is 19.9 Å². The number of pyridine rings is 1. The Balaban J connectivity index is 2.01. The lowest BCUT2D eigenvalue weighted by molar-refractivity contribution is -0.120. The van der Waals surface area contributed by atoms with E-state index in [-0.39, 0.29) is 17.9 Å². The SMILES string of the molecule is CC(C)C1N=C(c2ccc3ncccc3c2)NC1=O. The molecule has 1 aromatic heterocycles. The summed E-state index contributed by atoms with van der Waals surface area (Å²) in [5.74, 6) is 0.852. The van der Waals surface area contributed by atoms with Crippen LogP contribution in [0.3, 0.4) is 0 Å². The molecule has 0 radical (unpaired) electrons. The van der Waals surface area contributed by atoms with Gasteiger partial charge in [-0.3, -0.25) is 14.8 Å². The summed E-state index contributed by atoms with van der Waals surface area (Å²) in [6.45, 7) is 4.00. The maximum atomic E-state index is 11.8. The quantitative estimate of drug-likeness (QED) is 0.891. The van der Waals surface area contributed by atoms with Crippen LogP contribution in [-0.4, -0.2) is 22.8 Å². The number of carbonyl (C=O) groups is 1. The van der Waals surface area contributed by atoms with E-state index in [1.807, 2.05) is 44.2 Å². The van der Waals surface area contributed by atoms with E-state index in [2.05, 4.69) is 15.3 Å². The third-order valence-electron chi connectivity index (χ3n) is 3.29. The van der Waals surface area contributed by atoms with Crippen LogP contribution in [0.1, 0.15) is 19.4 Å². The van der Waals surface area contributed by atoms with Gasteiger partial charge >= 0.3 is 0 Å². The zero-order valence-electron chi connectivity index (χ0n) is 10.9. The lowest BCUT2D eigenvalue weighted by atomic mass is 10.1. The van der Waals surface area contributed by atoms with E-state index in [1.165, 1.54) is 0 Å². The molecular weight excluding hydrogens is 238 g/mol. The molecule has 2 heterocycles. The molecule has 4 nitrogen and oxygen atoms in total. The van der Waals surface area contributed by atoms with Crippen molar-refractivity contribution in [2.75, 3.05) is 0 Å². The molecule has 96 valence electrons. The van der Waals surface area contributed by atoms with Crippen LogP contribution in [0, 0.1) is 5.92 Å². The second-order valence-electron chi connectivity index (χ2n) is 5.07. The first-order valence-corrected chi connectivity index (χ1v) is 6.39. The van der Waals surface area contributed by atoms with Crippen molar-refractivity contribution in [3.8, 4) is 0 Å². The van der Waals surface area contributed by atoms with Crippen molar-refractivity contribution in [2.45, 2.75) is 19.9 Å². The van der Waals surface area contributed by atoms with Crippen LogP contribution in [0.15, 0.2) is 41.5 Å². The average molecular weight is 253 g/mol. The van der Waals surface area contributed by atoms with Gasteiger partial charge in [0.15, 0.2) is 0 Å². The zero-order valence-corrected chi connectivity index (χ0v) is 10.9. The molecule has 0 aliphatic carbocycles. The lowest BCUT2D eigenvalue weighted by Gasteiger charge is -2.06. The summed E-state index contributed by atoms with van der Waals surface area (Å²) >= 11 is 0. The largest absolute Gasteiger partial charge is 0.309 e. The van der Waals surface area contributed by atoms with Crippen LogP contribution in [-0.2, 0) is 4.79 Å². The van der Waals surface area contributed by atoms with E-state index in [1.54, 1.807) is 6.20 Å². The van der Waals surface area contributed by atoms with E-state index < -0.39 is 0 Å². The van der Waals surface area contributed by atoms with Gasteiger partial charge in [-0.2, -0.15) is 0 Å². The number of nitrogens with one attached hydrogen (secondary N) is 1. The number of hydrogen-bond donors (Lipinski definition) is 1. The maximum Gasteiger partial charge on any atom is 0.250 e. The van der Waals surface area contributed by atoms with Gasteiger partial charge in [0.25, 0.3) is 5.91 Å². The van der Waals surface area contributed by atoms with Crippen LogP contribution < -0.4 is 5.32 Å².